The number of anilines is 1. The minimum atomic E-state index is -0.275. The lowest BCUT2D eigenvalue weighted by atomic mass is 9.89. The van der Waals surface area contributed by atoms with Gasteiger partial charge in [0.15, 0.2) is 11.5 Å². The Kier molecular flexibility index (Phi) is 7.71. The van der Waals surface area contributed by atoms with Crippen LogP contribution in [0.5, 0.6) is 11.5 Å². The molecule has 4 rings (SSSR count). The zero-order valence-corrected chi connectivity index (χ0v) is 21.5. The van der Waals surface area contributed by atoms with Crippen molar-refractivity contribution in [3.05, 3.63) is 80.1 Å². The molecule has 0 bridgehead atoms. The first-order chi connectivity index (χ1) is 16.5. The lowest BCUT2D eigenvalue weighted by Gasteiger charge is -2.17. The smallest absolute Gasteiger partial charge is 0.249 e. The van der Waals surface area contributed by atoms with Gasteiger partial charge in [0.2, 0.25) is 5.91 Å². The van der Waals surface area contributed by atoms with Crippen LogP contribution in [0.3, 0.4) is 0 Å². The van der Waals surface area contributed by atoms with Crippen LogP contribution >= 0.6 is 27.3 Å². The number of ether oxygens (including phenoxy) is 2. The van der Waals surface area contributed by atoms with Crippen LogP contribution in [0.2, 0.25) is 0 Å². The molecular weight excluding hydrogens is 512 g/mol. The van der Waals surface area contributed by atoms with Crippen molar-refractivity contribution in [3.8, 4) is 17.6 Å². The van der Waals surface area contributed by atoms with Gasteiger partial charge in [0.25, 0.3) is 0 Å². The molecular formula is C27H25BrN2O3S. The van der Waals surface area contributed by atoms with Gasteiger partial charge >= 0.3 is 0 Å². The third-order valence-electron chi connectivity index (χ3n) is 5.77. The highest BCUT2D eigenvalue weighted by atomic mass is 79.9. The number of fused-ring (bicyclic) bond motifs is 1. The Morgan fingerprint density at radius 1 is 1.32 bits per heavy atom. The minimum absolute atomic E-state index is 0.275. The number of rotatable bonds is 7. The third-order valence-corrected chi connectivity index (χ3v) is 7.52. The molecule has 3 aromatic rings. The van der Waals surface area contributed by atoms with Crippen LogP contribution in [0.15, 0.2) is 53.0 Å². The molecule has 0 saturated carbocycles. The standard InChI is InChI=1S/C27H25BrN2O3S/c1-17-8-10-20-21(15-29)27(34-24(20)12-17)30-25(31)11-9-19-13-22(28)26(23(14-19)32-2)33-16-18-6-4-3-5-7-18/h3-7,9,11,13-14,17H,8,10,12,16H2,1-2H3,(H,30,31). The fourth-order valence-electron chi connectivity index (χ4n) is 3.99. The predicted octanol–water partition coefficient (Wildman–Crippen LogP) is 6.75. The number of carbonyl (C=O) groups excluding carboxylic acids is 1. The van der Waals surface area contributed by atoms with E-state index in [0.717, 1.165) is 40.4 Å². The van der Waals surface area contributed by atoms with Crippen molar-refractivity contribution in [2.24, 2.45) is 5.92 Å². The molecule has 34 heavy (non-hydrogen) atoms. The summed E-state index contributed by atoms with van der Waals surface area (Å²) in [5.41, 5.74) is 3.55. The van der Waals surface area contributed by atoms with Crippen LogP contribution in [0, 0.1) is 17.2 Å². The maximum absolute atomic E-state index is 12.6. The van der Waals surface area contributed by atoms with Crippen molar-refractivity contribution in [1.82, 2.24) is 0 Å². The number of hydrogen-bond acceptors (Lipinski definition) is 5. The molecule has 5 nitrogen and oxygen atoms in total. The van der Waals surface area contributed by atoms with Gasteiger partial charge in [0.05, 0.1) is 17.1 Å². The molecule has 1 unspecified atom stereocenters. The maximum atomic E-state index is 12.6. The van der Waals surface area contributed by atoms with Gasteiger partial charge in [-0.05, 0) is 76.0 Å². The van der Waals surface area contributed by atoms with Crippen LogP contribution in [0.25, 0.3) is 6.08 Å². The number of methoxy groups -OCH3 is 1. The second-order valence-electron chi connectivity index (χ2n) is 8.30. The van der Waals surface area contributed by atoms with E-state index in [2.05, 4.69) is 34.2 Å². The molecule has 1 aliphatic rings. The topological polar surface area (TPSA) is 71.3 Å². The Bertz CT molecular complexity index is 1260. The van der Waals surface area contributed by atoms with Gasteiger partial charge < -0.3 is 14.8 Å². The second kappa shape index (κ2) is 10.9. The van der Waals surface area contributed by atoms with Crippen molar-refractivity contribution in [2.75, 3.05) is 12.4 Å². The first-order valence-corrected chi connectivity index (χ1v) is 12.7. The first kappa shape index (κ1) is 24.1. The summed E-state index contributed by atoms with van der Waals surface area (Å²) in [5, 5.41) is 13.2. The van der Waals surface area contributed by atoms with Crippen LogP contribution in [-0.4, -0.2) is 13.0 Å². The van der Waals surface area contributed by atoms with E-state index >= 15 is 0 Å². The van der Waals surface area contributed by atoms with E-state index in [1.165, 1.54) is 22.3 Å². The van der Waals surface area contributed by atoms with Crippen molar-refractivity contribution in [3.63, 3.8) is 0 Å². The normalized spacial score (nSPS) is 14.9. The van der Waals surface area contributed by atoms with Crippen molar-refractivity contribution >= 4 is 44.3 Å². The molecule has 1 atom stereocenters. The van der Waals surface area contributed by atoms with E-state index in [1.807, 2.05) is 42.5 Å². The van der Waals surface area contributed by atoms with Gasteiger partial charge in [-0.1, -0.05) is 37.3 Å². The quantitative estimate of drug-likeness (QED) is 0.339. The van der Waals surface area contributed by atoms with Crippen LogP contribution in [-0.2, 0) is 24.2 Å². The number of halogens is 1. The van der Waals surface area contributed by atoms with E-state index in [0.29, 0.717) is 34.6 Å². The van der Waals surface area contributed by atoms with E-state index in [1.54, 1.807) is 13.2 Å². The van der Waals surface area contributed by atoms with Crippen molar-refractivity contribution < 1.29 is 14.3 Å². The van der Waals surface area contributed by atoms with Crippen LogP contribution < -0.4 is 14.8 Å². The Labute approximate surface area is 212 Å². The Morgan fingerprint density at radius 3 is 2.85 bits per heavy atom. The van der Waals surface area contributed by atoms with Gasteiger partial charge in [-0.2, -0.15) is 5.26 Å². The summed E-state index contributed by atoms with van der Waals surface area (Å²) >= 11 is 5.08. The van der Waals surface area contributed by atoms with Gasteiger partial charge in [-0.15, -0.1) is 11.3 Å². The van der Waals surface area contributed by atoms with Gasteiger partial charge in [0, 0.05) is 11.0 Å². The number of nitrogens with zero attached hydrogens (tertiary/aromatic N) is 1. The zero-order valence-electron chi connectivity index (χ0n) is 19.1. The Morgan fingerprint density at radius 2 is 2.12 bits per heavy atom. The second-order valence-corrected chi connectivity index (χ2v) is 10.3. The third kappa shape index (κ3) is 5.52. The highest BCUT2D eigenvalue weighted by molar-refractivity contribution is 9.10. The molecule has 0 saturated heterocycles. The molecule has 1 N–H and O–H groups in total. The average molecular weight is 537 g/mol. The predicted molar refractivity (Wildman–Crippen MR) is 139 cm³/mol. The van der Waals surface area contributed by atoms with E-state index in [-0.39, 0.29) is 5.91 Å². The molecule has 1 aromatic heterocycles. The monoisotopic (exact) mass is 536 g/mol. The summed E-state index contributed by atoms with van der Waals surface area (Å²) in [6.45, 7) is 2.64. The number of nitriles is 1. The molecule has 2 aromatic carbocycles. The van der Waals surface area contributed by atoms with Gasteiger partial charge in [0.1, 0.15) is 17.7 Å². The number of carbonyl (C=O) groups is 1. The molecule has 7 heteroatoms. The summed E-state index contributed by atoms with van der Waals surface area (Å²) in [7, 11) is 1.58. The van der Waals surface area contributed by atoms with Crippen LogP contribution in [0.1, 0.15) is 40.5 Å². The van der Waals surface area contributed by atoms with E-state index < -0.39 is 0 Å². The largest absolute Gasteiger partial charge is 0.493 e. The summed E-state index contributed by atoms with van der Waals surface area (Å²) in [6.07, 6.45) is 6.12. The molecule has 0 aliphatic heterocycles. The van der Waals surface area contributed by atoms with Gasteiger partial charge in [-0.3, -0.25) is 4.79 Å². The molecule has 0 spiro atoms. The number of thiophene rings is 1. The lowest BCUT2D eigenvalue weighted by Crippen LogP contribution is -2.10. The van der Waals surface area contributed by atoms with Crippen molar-refractivity contribution in [1.29, 1.82) is 5.26 Å². The SMILES string of the molecule is COc1cc(C=CC(=O)Nc2sc3c(c2C#N)CCC(C)C3)cc(Br)c1OCc1ccccc1. The Hall–Kier alpha value is -3.08. The van der Waals surface area contributed by atoms with Crippen LogP contribution in [0.4, 0.5) is 5.00 Å². The number of nitrogens with one attached hydrogen (secondary N) is 1. The first-order valence-electron chi connectivity index (χ1n) is 11.1. The van der Waals surface area contributed by atoms with E-state index in [9.17, 15) is 10.1 Å². The highest BCUT2D eigenvalue weighted by Gasteiger charge is 2.24. The number of hydrogen-bond donors (Lipinski definition) is 1. The summed E-state index contributed by atoms with van der Waals surface area (Å²) in [5.74, 6) is 1.50. The number of benzene rings is 2. The lowest BCUT2D eigenvalue weighted by molar-refractivity contribution is -0.111. The average Bonchev–Trinajstić information content (AvgIpc) is 3.18. The fourth-order valence-corrected chi connectivity index (χ4v) is 5.93. The molecule has 1 amide bonds. The zero-order chi connectivity index (χ0) is 24.1. The Balaban J connectivity index is 1.47. The highest BCUT2D eigenvalue weighted by Crippen LogP contribution is 2.40. The molecule has 0 radical (unpaired) electrons. The summed E-state index contributed by atoms with van der Waals surface area (Å²) < 4.78 is 12.2. The van der Waals surface area contributed by atoms with Gasteiger partial charge in [-0.25, -0.2) is 0 Å². The molecule has 1 aliphatic carbocycles. The minimum Gasteiger partial charge on any atom is -0.493 e. The van der Waals surface area contributed by atoms with Crippen molar-refractivity contribution in [2.45, 2.75) is 32.8 Å². The molecule has 0 fully saturated rings. The molecule has 174 valence electrons. The fraction of sp³-hybridized carbons (Fsp3) is 0.259. The molecule has 1 heterocycles. The summed E-state index contributed by atoms with van der Waals surface area (Å²) in [6, 6.07) is 15.9. The number of amides is 1. The maximum Gasteiger partial charge on any atom is 0.249 e. The summed E-state index contributed by atoms with van der Waals surface area (Å²) in [4.78, 5) is 13.8. The van der Waals surface area contributed by atoms with E-state index in [4.69, 9.17) is 9.47 Å².